The van der Waals surface area contributed by atoms with Gasteiger partial charge in [0.2, 0.25) is 0 Å². The van der Waals surface area contributed by atoms with Gasteiger partial charge in [0.15, 0.2) is 0 Å². The molecule has 0 heterocycles. The molecule has 0 saturated carbocycles. The number of rotatable bonds is 3. The van der Waals surface area contributed by atoms with E-state index in [0.717, 1.165) is 29.5 Å². The maximum absolute atomic E-state index is 10.2. The van der Waals surface area contributed by atoms with E-state index in [2.05, 4.69) is 6.07 Å². The van der Waals surface area contributed by atoms with Gasteiger partial charge in [0, 0.05) is 12.1 Å². The minimum atomic E-state index is 0.571. The van der Waals surface area contributed by atoms with Crippen LogP contribution in [0, 0.1) is 13.8 Å². The fourth-order valence-corrected chi connectivity index (χ4v) is 1.33. The average molecular weight is 177 g/mol. The van der Waals surface area contributed by atoms with Gasteiger partial charge in [-0.25, -0.2) is 0 Å². The van der Waals surface area contributed by atoms with E-state index < -0.39 is 0 Å². The van der Waals surface area contributed by atoms with Gasteiger partial charge in [0.25, 0.3) is 0 Å². The van der Waals surface area contributed by atoms with Crippen molar-refractivity contribution in [3.63, 3.8) is 0 Å². The monoisotopic (exact) mass is 177 g/mol. The van der Waals surface area contributed by atoms with Crippen LogP contribution in [0.15, 0.2) is 12.1 Å². The van der Waals surface area contributed by atoms with Gasteiger partial charge in [-0.05, 0) is 43.0 Å². The predicted octanol–water partition coefficient (Wildman–Crippen LogP) is 2.02. The number of nitrogens with two attached hydrogens (primary N) is 1. The lowest BCUT2D eigenvalue weighted by Gasteiger charge is -2.07. The van der Waals surface area contributed by atoms with Crippen LogP contribution in [0.5, 0.6) is 0 Å². The van der Waals surface area contributed by atoms with Crippen molar-refractivity contribution in [1.82, 2.24) is 0 Å². The summed E-state index contributed by atoms with van der Waals surface area (Å²) in [6.07, 6.45) is 2.29. The average Bonchev–Trinajstić information content (AvgIpc) is 2.10. The third kappa shape index (κ3) is 2.31. The predicted molar refractivity (Wildman–Crippen MR) is 54.7 cm³/mol. The van der Waals surface area contributed by atoms with Crippen LogP contribution in [-0.2, 0) is 11.2 Å². The lowest BCUT2D eigenvalue weighted by atomic mass is 10.0. The fraction of sp³-hybridized carbons (Fsp3) is 0.364. The molecule has 0 radical (unpaired) electrons. The van der Waals surface area contributed by atoms with Crippen LogP contribution < -0.4 is 5.73 Å². The Labute approximate surface area is 78.8 Å². The second kappa shape index (κ2) is 4.08. The summed E-state index contributed by atoms with van der Waals surface area (Å²) in [5.41, 5.74) is 10.1. The quantitative estimate of drug-likeness (QED) is 0.567. The Kier molecular flexibility index (Phi) is 3.07. The molecule has 70 valence electrons. The van der Waals surface area contributed by atoms with Crippen molar-refractivity contribution < 1.29 is 4.79 Å². The smallest absolute Gasteiger partial charge is 0.120 e. The van der Waals surface area contributed by atoms with Crippen molar-refractivity contribution in [3.8, 4) is 0 Å². The van der Waals surface area contributed by atoms with Crippen LogP contribution in [0.4, 0.5) is 5.69 Å². The summed E-state index contributed by atoms with van der Waals surface area (Å²) in [5.74, 6) is 0. The molecule has 0 fully saturated rings. The largest absolute Gasteiger partial charge is 0.398 e. The Hall–Kier alpha value is -1.31. The van der Waals surface area contributed by atoms with Gasteiger partial charge in [-0.2, -0.15) is 0 Å². The molecule has 2 N–H and O–H groups in total. The molecule has 0 aliphatic carbocycles. The summed E-state index contributed by atoms with van der Waals surface area (Å²) >= 11 is 0. The van der Waals surface area contributed by atoms with Gasteiger partial charge in [0.1, 0.15) is 6.29 Å². The van der Waals surface area contributed by atoms with Crippen molar-refractivity contribution in [2.75, 3.05) is 5.73 Å². The molecular formula is C11H15NO. The highest BCUT2D eigenvalue weighted by Gasteiger charge is 2.00. The maximum atomic E-state index is 10.2. The lowest BCUT2D eigenvalue weighted by Crippen LogP contribution is -1.96. The molecule has 13 heavy (non-hydrogen) atoms. The third-order valence-electron chi connectivity index (χ3n) is 2.32. The van der Waals surface area contributed by atoms with E-state index >= 15 is 0 Å². The van der Waals surface area contributed by atoms with Gasteiger partial charge in [-0.3, -0.25) is 0 Å². The first-order valence-electron chi connectivity index (χ1n) is 4.44. The fourth-order valence-electron chi connectivity index (χ4n) is 1.33. The lowest BCUT2D eigenvalue weighted by molar-refractivity contribution is -0.107. The van der Waals surface area contributed by atoms with E-state index in [4.69, 9.17) is 5.73 Å². The second-order valence-corrected chi connectivity index (χ2v) is 3.33. The number of aldehydes is 1. The zero-order chi connectivity index (χ0) is 9.84. The standard InChI is InChI=1S/C11H15NO/c1-8-6-10(4-3-5-13)7-11(12)9(8)2/h5-7H,3-4,12H2,1-2H3. The molecular weight excluding hydrogens is 162 g/mol. The number of benzene rings is 1. The van der Waals surface area contributed by atoms with Crippen LogP contribution in [0.25, 0.3) is 0 Å². The Bertz CT molecular complexity index is 295. The van der Waals surface area contributed by atoms with Crippen molar-refractivity contribution >= 4 is 12.0 Å². The Morgan fingerprint density at radius 3 is 2.62 bits per heavy atom. The molecule has 2 nitrogen and oxygen atoms in total. The zero-order valence-electron chi connectivity index (χ0n) is 8.13. The number of nitrogen functional groups attached to an aromatic ring is 1. The van der Waals surface area contributed by atoms with Gasteiger partial charge < -0.3 is 10.5 Å². The van der Waals surface area contributed by atoms with Crippen molar-refractivity contribution in [3.05, 3.63) is 28.8 Å². The first-order chi connectivity index (χ1) is 6.15. The number of carbonyl (C=O) groups is 1. The number of carbonyl (C=O) groups excluding carboxylic acids is 1. The molecule has 0 aliphatic heterocycles. The molecule has 0 saturated heterocycles. The normalized spacial score (nSPS) is 10.0. The zero-order valence-corrected chi connectivity index (χ0v) is 8.13. The number of aryl methyl sites for hydroxylation is 2. The highest BCUT2D eigenvalue weighted by atomic mass is 16.1. The Morgan fingerprint density at radius 2 is 2.08 bits per heavy atom. The van der Waals surface area contributed by atoms with E-state index in [0.29, 0.717) is 6.42 Å². The molecule has 1 rings (SSSR count). The first-order valence-corrected chi connectivity index (χ1v) is 4.44. The summed E-state index contributed by atoms with van der Waals surface area (Å²) in [4.78, 5) is 10.2. The molecule has 0 amide bonds. The highest BCUT2D eigenvalue weighted by molar-refractivity contribution is 5.54. The van der Waals surface area contributed by atoms with Crippen molar-refractivity contribution in [2.24, 2.45) is 0 Å². The molecule has 0 unspecified atom stereocenters. The van der Waals surface area contributed by atoms with Gasteiger partial charge in [-0.15, -0.1) is 0 Å². The topological polar surface area (TPSA) is 43.1 Å². The molecule has 0 spiro atoms. The molecule has 0 aliphatic rings. The van der Waals surface area contributed by atoms with Crippen molar-refractivity contribution in [1.29, 1.82) is 0 Å². The van der Waals surface area contributed by atoms with Crippen LogP contribution in [0.3, 0.4) is 0 Å². The van der Waals surface area contributed by atoms with Crippen LogP contribution >= 0.6 is 0 Å². The van der Waals surface area contributed by atoms with Crippen LogP contribution in [-0.4, -0.2) is 6.29 Å². The molecule has 1 aromatic carbocycles. The molecule has 0 aromatic heterocycles. The maximum Gasteiger partial charge on any atom is 0.120 e. The van der Waals surface area contributed by atoms with E-state index in [9.17, 15) is 4.79 Å². The Balaban J connectivity index is 2.92. The third-order valence-corrected chi connectivity index (χ3v) is 2.32. The van der Waals surface area contributed by atoms with Gasteiger partial charge in [0.05, 0.1) is 0 Å². The van der Waals surface area contributed by atoms with Crippen molar-refractivity contribution in [2.45, 2.75) is 26.7 Å². The molecule has 2 heteroatoms. The summed E-state index contributed by atoms with van der Waals surface area (Å²) in [6, 6.07) is 4.04. The molecule has 0 bridgehead atoms. The van der Waals surface area contributed by atoms with E-state index in [1.807, 2.05) is 19.9 Å². The summed E-state index contributed by atoms with van der Waals surface area (Å²) < 4.78 is 0. The van der Waals surface area contributed by atoms with Gasteiger partial charge >= 0.3 is 0 Å². The van der Waals surface area contributed by atoms with Crippen LogP contribution in [0.2, 0.25) is 0 Å². The van der Waals surface area contributed by atoms with E-state index in [-0.39, 0.29) is 0 Å². The SMILES string of the molecule is Cc1cc(CCC=O)cc(N)c1C. The second-order valence-electron chi connectivity index (χ2n) is 3.33. The molecule has 1 aromatic rings. The highest BCUT2D eigenvalue weighted by Crippen LogP contribution is 2.18. The molecule has 0 atom stereocenters. The minimum Gasteiger partial charge on any atom is -0.398 e. The minimum absolute atomic E-state index is 0.571. The summed E-state index contributed by atoms with van der Waals surface area (Å²) in [7, 11) is 0. The van der Waals surface area contributed by atoms with E-state index in [1.54, 1.807) is 0 Å². The number of hydrogen-bond acceptors (Lipinski definition) is 2. The summed E-state index contributed by atoms with van der Waals surface area (Å²) in [6.45, 7) is 4.05. The summed E-state index contributed by atoms with van der Waals surface area (Å²) in [5, 5.41) is 0. The number of hydrogen-bond donors (Lipinski definition) is 1. The Morgan fingerprint density at radius 1 is 1.38 bits per heavy atom. The van der Waals surface area contributed by atoms with E-state index in [1.165, 1.54) is 5.56 Å². The first kappa shape index (κ1) is 9.78. The van der Waals surface area contributed by atoms with Gasteiger partial charge in [-0.1, -0.05) is 6.07 Å². The van der Waals surface area contributed by atoms with Crippen LogP contribution in [0.1, 0.15) is 23.1 Å². The number of anilines is 1.